The van der Waals surface area contributed by atoms with Crippen molar-refractivity contribution in [1.29, 1.82) is 0 Å². The first-order valence-electron chi connectivity index (χ1n) is 9.20. The largest absolute Gasteiger partial charge is 0.326 e. The molecule has 0 bridgehead atoms. The summed E-state index contributed by atoms with van der Waals surface area (Å²) in [4.78, 5) is 13.1. The maximum Gasteiger partial charge on any atom is 0.228 e. The minimum absolute atomic E-state index is 0.0677. The number of aryl methyl sites for hydroxylation is 2. The van der Waals surface area contributed by atoms with Gasteiger partial charge in [0.15, 0.2) is 0 Å². The summed E-state index contributed by atoms with van der Waals surface area (Å²) in [7, 11) is 0. The lowest BCUT2D eigenvalue weighted by Gasteiger charge is -2.19. The Kier molecular flexibility index (Phi) is 4.65. The van der Waals surface area contributed by atoms with Crippen molar-refractivity contribution in [3.05, 3.63) is 99.5 Å². The molecule has 0 unspecified atom stereocenters. The number of rotatable bonds is 4. The number of hydrogen-bond acceptors (Lipinski definition) is 1. The molecule has 0 heterocycles. The molecule has 1 atom stereocenters. The highest BCUT2D eigenvalue weighted by Crippen LogP contribution is 2.59. The van der Waals surface area contributed by atoms with Gasteiger partial charge in [0.25, 0.3) is 0 Å². The molecule has 27 heavy (non-hydrogen) atoms. The van der Waals surface area contributed by atoms with Crippen LogP contribution in [0.5, 0.6) is 0 Å². The standard InChI is InChI=1S/C24H22BrNO/c1-16-6-10-18(11-7-16)24(19-12-8-17(2)9-13-19)15-22(24)23(27)26-21-5-3-4-20(25)14-21/h3-14,22H,15H2,1-2H3,(H,26,27)/t22-/m1/s1. The highest BCUT2D eigenvalue weighted by molar-refractivity contribution is 9.10. The molecule has 1 aliphatic carbocycles. The number of hydrogen-bond donors (Lipinski definition) is 1. The van der Waals surface area contributed by atoms with Gasteiger partial charge in [-0.05, 0) is 49.6 Å². The van der Waals surface area contributed by atoms with Crippen LogP contribution in [0.3, 0.4) is 0 Å². The first-order valence-corrected chi connectivity index (χ1v) is 9.99. The van der Waals surface area contributed by atoms with Crippen molar-refractivity contribution in [2.75, 3.05) is 5.32 Å². The van der Waals surface area contributed by atoms with E-state index in [-0.39, 0.29) is 17.2 Å². The summed E-state index contributed by atoms with van der Waals surface area (Å²) in [5.74, 6) is 0.0103. The summed E-state index contributed by atoms with van der Waals surface area (Å²) < 4.78 is 0.958. The average molecular weight is 420 g/mol. The van der Waals surface area contributed by atoms with Crippen LogP contribution in [0.25, 0.3) is 0 Å². The molecular weight excluding hydrogens is 398 g/mol. The fourth-order valence-corrected chi connectivity index (χ4v) is 4.28. The molecule has 1 amide bonds. The van der Waals surface area contributed by atoms with Crippen LogP contribution >= 0.6 is 15.9 Å². The van der Waals surface area contributed by atoms with Crippen LogP contribution in [0.1, 0.15) is 28.7 Å². The number of halogens is 1. The van der Waals surface area contributed by atoms with Gasteiger partial charge in [-0.15, -0.1) is 0 Å². The molecule has 1 aliphatic rings. The van der Waals surface area contributed by atoms with Crippen LogP contribution in [-0.2, 0) is 10.2 Å². The molecule has 0 aromatic heterocycles. The van der Waals surface area contributed by atoms with Crippen molar-refractivity contribution < 1.29 is 4.79 Å². The van der Waals surface area contributed by atoms with Crippen LogP contribution in [-0.4, -0.2) is 5.91 Å². The number of nitrogens with one attached hydrogen (secondary N) is 1. The molecule has 0 aliphatic heterocycles. The van der Waals surface area contributed by atoms with Gasteiger partial charge in [0, 0.05) is 15.6 Å². The minimum atomic E-state index is -0.239. The fraction of sp³-hybridized carbons (Fsp3) is 0.208. The number of carbonyl (C=O) groups excluding carboxylic acids is 1. The van der Waals surface area contributed by atoms with Crippen LogP contribution < -0.4 is 5.32 Å². The van der Waals surface area contributed by atoms with Crippen molar-refractivity contribution in [2.45, 2.75) is 25.7 Å². The second kappa shape index (κ2) is 6.97. The Bertz CT molecular complexity index is 931. The summed E-state index contributed by atoms with van der Waals surface area (Å²) in [5.41, 5.74) is 5.47. The van der Waals surface area contributed by atoms with E-state index >= 15 is 0 Å². The highest BCUT2D eigenvalue weighted by atomic mass is 79.9. The van der Waals surface area contributed by atoms with Crippen LogP contribution in [0.15, 0.2) is 77.3 Å². The predicted octanol–water partition coefficient (Wildman–Crippen LogP) is 6.01. The molecule has 2 nitrogen and oxygen atoms in total. The third-order valence-electron chi connectivity index (χ3n) is 5.50. The monoisotopic (exact) mass is 419 g/mol. The zero-order chi connectivity index (χ0) is 19.0. The Balaban J connectivity index is 1.67. The molecule has 0 saturated heterocycles. The Morgan fingerprint density at radius 2 is 1.48 bits per heavy atom. The van der Waals surface area contributed by atoms with E-state index in [2.05, 4.69) is 83.6 Å². The summed E-state index contributed by atoms with van der Waals surface area (Å²) >= 11 is 3.46. The lowest BCUT2D eigenvalue weighted by molar-refractivity contribution is -0.117. The number of benzene rings is 3. The smallest absolute Gasteiger partial charge is 0.228 e. The zero-order valence-electron chi connectivity index (χ0n) is 15.5. The maximum absolute atomic E-state index is 13.1. The second-order valence-electron chi connectivity index (χ2n) is 7.46. The second-order valence-corrected chi connectivity index (χ2v) is 8.38. The van der Waals surface area contributed by atoms with Gasteiger partial charge in [-0.2, -0.15) is 0 Å². The quantitative estimate of drug-likeness (QED) is 0.550. The van der Waals surface area contributed by atoms with E-state index in [1.54, 1.807) is 0 Å². The van der Waals surface area contributed by atoms with Gasteiger partial charge in [-0.1, -0.05) is 81.7 Å². The van der Waals surface area contributed by atoms with Gasteiger partial charge in [0.1, 0.15) is 0 Å². The van der Waals surface area contributed by atoms with Crippen molar-refractivity contribution in [1.82, 2.24) is 0 Å². The Labute approximate surface area is 168 Å². The molecule has 3 aromatic carbocycles. The molecule has 1 fully saturated rings. The molecular formula is C24H22BrNO. The number of amides is 1. The van der Waals surface area contributed by atoms with E-state index in [0.717, 1.165) is 16.6 Å². The van der Waals surface area contributed by atoms with E-state index in [1.165, 1.54) is 22.3 Å². The third-order valence-corrected chi connectivity index (χ3v) is 6.00. The summed E-state index contributed by atoms with van der Waals surface area (Å²) in [6, 6.07) is 24.9. The fourth-order valence-electron chi connectivity index (χ4n) is 3.88. The molecule has 0 spiro atoms. The SMILES string of the molecule is Cc1ccc(C2(c3ccc(C)cc3)C[C@@H]2C(=O)Nc2cccc(Br)c2)cc1. The Morgan fingerprint density at radius 1 is 0.926 bits per heavy atom. The first kappa shape index (κ1) is 18.0. The van der Waals surface area contributed by atoms with Crippen molar-refractivity contribution in [3.8, 4) is 0 Å². The van der Waals surface area contributed by atoms with E-state index < -0.39 is 0 Å². The molecule has 1 saturated carbocycles. The summed E-state index contributed by atoms with van der Waals surface area (Å²) in [6.45, 7) is 4.18. The van der Waals surface area contributed by atoms with Gasteiger partial charge in [0.2, 0.25) is 5.91 Å². The van der Waals surface area contributed by atoms with E-state index in [1.807, 2.05) is 24.3 Å². The van der Waals surface area contributed by atoms with Gasteiger partial charge in [-0.3, -0.25) is 4.79 Å². The number of carbonyl (C=O) groups is 1. The van der Waals surface area contributed by atoms with Crippen LogP contribution in [0.4, 0.5) is 5.69 Å². The van der Waals surface area contributed by atoms with Crippen molar-refractivity contribution in [2.24, 2.45) is 5.92 Å². The maximum atomic E-state index is 13.1. The third kappa shape index (κ3) is 3.44. The highest BCUT2D eigenvalue weighted by Gasteiger charge is 2.60. The normalized spacial score (nSPS) is 17.4. The molecule has 4 rings (SSSR count). The molecule has 136 valence electrons. The van der Waals surface area contributed by atoms with Crippen molar-refractivity contribution in [3.63, 3.8) is 0 Å². The average Bonchev–Trinajstić information content (AvgIpc) is 3.40. The summed E-state index contributed by atoms with van der Waals surface area (Å²) in [6.07, 6.45) is 0.832. The van der Waals surface area contributed by atoms with Gasteiger partial charge < -0.3 is 5.32 Å². The van der Waals surface area contributed by atoms with E-state index in [9.17, 15) is 4.79 Å². The van der Waals surface area contributed by atoms with Crippen molar-refractivity contribution >= 4 is 27.5 Å². The predicted molar refractivity (Wildman–Crippen MR) is 114 cm³/mol. The number of anilines is 1. The Hall–Kier alpha value is -2.39. The molecule has 1 N–H and O–H groups in total. The van der Waals surface area contributed by atoms with E-state index in [4.69, 9.17) is 0 Å². The molecule has 3 heteroatoms. The first-order chi connectivity index (χ1) is 13.0. The summed E-state index contributed by atoms with van der Waals surface area (Å²) in [5, 5.41) is 3.09. The van der Waals surface area contributed by atoms with Gasteiger partial charge in [0.05, 0.1) is 5.92 Å². The minimum Gasteiger partial charge on any atom is -0.326 e. The Morgan fingerprint density at radius 3 is 2.00 bits per heavy atom. The van der Waals surface area contributed by atoms with Crippen LogP contribution in [0, 0.1) is 19.8 Å². The van der Waals surface area contributed by atoms with Gasteiger partial charge in [-0.25, -0.2) is 0 Å². The molecule has 3 aromatic rings. The zero-order valence-corrected chi connectivity index (χ0v) is 17.1. The van der Waals surface area contributed by atoms with Gasteiger partial charge >= 0.3 is 0 Å². The lowest BCUT2D eigenvalue weighted by atomic mass is 9.85. The lowest BCUT2D eigenvalue weighted by Crippen LogP contribution is -2.22. The molecule has 0 radical (unpaired) electrons. The van der Waals surface area contributed by atoms with Crippen LogP contribution in [0.2, 0.25) is 0 Å². The van der Waals surface area contributed by atoms with E-state index in [0.29, 0.717) is 0 Å². The topological polar surface area (TPSA) is 29.1 Å².